The number of halogens is 2. The van der Waals surface area contributed by atoms with Crippen LogP contribution < -0.4 is 0 Å². The molecule has 2 aromatic rings. The summed E-state index contributed by atoms with van der Waals surface area (Å²) in [5.74, 6) is -0.980. The van der Waals surface area contributed by atoms with E-state index < -0.39 is 11.6 Å². The molecule has 2 aliphatic rings. The van der Waals surface area contributed by atoms with Crippen LogP contribution in [0.1, 0.15) is 68.9 Å². The molecule has 2 fully saturated rings. The fourth-order valence-corrected chi connectivity index (χ4v) is 5.42. The first kappa shape index (κ1) is 19.5. The highest BCUT2D eigenvalue weighted by atomic mass is 19.1. The Morgan fingerprint density at radius 2 is 1.64 bits per heavy atom. The molecular weight excluding hydrogens is 356 g/mol. The average Bonchev–Trinajstić information content (AvgIpc) is 3.13. The van der Waals surface area contributed by atoms with Gasteiger partial charge in [0.2, 0.25) is 0 Å². The van der Waals surface area contributed by atoms with Crippen LogP contribution in [-0.2, 0) is 16.6 Å². The van der Waals surface area contributed by atoms with Gasteiger partial charge < -0.3 is 4.74 Å². The van der Waals surface area contributed by atoms with Crippen molar-refractivity contribution < 1.29 is 13.5 Å². The normalized spacial score (nSPS) is 23.9. The van der Waals surface area contributed by atoms with Gasteiger partial charge in [-0.05, 0) is 80.3 Å². The highest BCUT2D eigenvalue weighted by molar-refractivity contribution is 5.25. The fourth-order valence-electron chi connectivity index (χ4n) is 5.42. The van der Waals surface area contributed by atoms with Crippen LogP contribution in [0.15, 0.2) is 42.7 Å². The summed E-state index contributed by atoms with van der Waals surface area (Å²) < 4.78 is 33.1. The lowest BCUT2D eigenvalue weighted by atomic mass is 9.65. The van der Waals surface area contributed by atoms with Crippen LogP contribution in [0.25, 0.3) is 0 Å². The minimum atomic E-state index is -0.490. The van der Waals surface area contributed by atoms with E-state index in [4.69, 9.17) is 4.74 Å². The van der Waals surface area contributed by atoms with Crippen molar-refractivity contribution in [3.63, 3.8) is 0 Å². The maximum absolute atomic E-state index is 13.4. The van der Waals surface area contributed by atoms with Gasteiger partial charge in [-0.15, -0.1) is 0 Å². The number of hydrogen-bond acceptors (Lipinski definition) is 2. The number of ether oxygens (including phenoxy) is 1. The zero-order valence-electron chi connectivity index (χ0n) is 16.4. The third-order valence-corrected chi connectivity index (χ3v) is 6.75. The van der Waals surface area contributed by atoms with Gasteiger partial charge in [0.15, 0.2) is 0 Å². The molecule has 4 rings (SSSR count). The van der Waals surface area contributed by atoms with E-state index >= 15 is 0 Å². The summed E-state index contributed by atoms with van der Waals surface area (Å²) in [4.78, 5) is 4.21. The number of nitrogens with zero attached hydrogens (tertiary/aromatic N) is 1. The molecule has 150 valence electrons. The molecule has 2 nitrogen and oxygen atoms in total. The number of rotatable bonds is 6. The molecule has 0 radical (unpaired) electrons. The van der Waals surface area contributed by atoms with Crippen LogP contribution in [0.3, 0.4) is 0 Å². The third-order valence-electron chi connectivity index (χ3n) is 6.75. The molecule has 1 aliphatic carbocycles. The van der Waals surface area contributed by atoms with Crippen LogP contribution in [0.4, 0.5) is 8.78 Å². The van der Waals surface area contributed by atoms with E-state index in [0.29, 0.717) is 6.42 Å². The number of hydrogen-bond donors (Lipinski definition) is 0. The predicted molar refractivity (Wildman–Crippen MR) is 106 cm³/mol. The Balaban J connectivity index is 1.45. The quantitative estimate of drug-likeness (QED) is 0.558. The summed E-state index contributed by atoms with van der Waals surface area (Å²) in [6, 6.07) is 8.16. The number of pyridine rings is 1. The third kappa shape index (κ3) is 4.27. The second-order valence-electron chi connectivity index (χ2n) is 8.67. The first-order chi connectivity index (χ1) is 13.6. The van der Waals surface area contributed by atoms with Gasteiger partial charge in [-0.2, -0.15) is 0 Å². The molecule has 1 atom stereocenters. The van der Waals surface area contributed by atoms with Gasteiger partial charge in [0.25, 0.3) is 0 Å². The molecule has 0 bridgehead atoms. The van der Waals surface area contributed by atoms with E-state index in [1.165, 1.54) is 43.4 Å². The molecule has 1 aromatic heterocycles. The van der Waals surface area contributed by atoms with Crippen molar-refractivity contribution in [2.75, 3.05) is 6.61 Å². The Morgan fingerprint density at radius 1 is 0.929 bits per heavy atom. The van der Waals surface area contributed by atoms with E-state index in [0.717, 1.165) is 50.3 Å². The van der Waals surface area contributed by atoms with Crippen LogP contribution in [0, 0.1) is 11.6 Å². The summed E-state index contributed by atoms with van der Waals surface area (Å²) in [6.07, 6.45) is 14.5. The lowest BCUT2D eigenvalue weighted by molar-refractivity contribution is -0.104. The van der Waals surface area contributed by atoms with Crippen molar-refractivity contribution in [3.8, 4) is 0 Å². The molecule has 2 heterocycles. The fraction of sp³-hybridized carbons (Fsp3) is 0.542. The number of aromatic nitrogens is 1. The van der Waals surface area contributed by atoms with Crippen molar-refractivity contribution in [3.05, 3.63) is 65.5 Å². The Kier molecular flexibility index (Phi) is 5.77. The van der Waals surface area contributed by atoms with Crippen LogP contribution in [-0.4, -0.2) is 17.2 Å². The Morgan fingerprint density at radius 3 is 2.36 bits per heavy atom. The van der Waals surface area contributed by atoms with Crippen molar-refractivity contribution >= 4 is 0 Å². The monoisotopic (exact) mass is 385 g/mol. The second kappa shape index (κ2) is 8.28. The highest BCUT2D eigenvalue weighted by Gasteiger charge is 2.47. The molecule has 0 N–H and O–H groups in total. The van der Waals surface area contributed by atoms with E-state index in [-0.39, 0.29) is 11.0 Å². The molecule has 1 aliphatic heterocycles. The summed E-state index contributed by atoms with van der Waals surface area (Å²) in [6.45, 7) is 0.817. The number of benzene rings is 1. The predicted octanol–water partition coefficient (Wildman–Crippen LogP) is 6.13. The van der Waals surface area contributed by atoms with Crippen LogP contribution in [0.2, 0.25) is 0 Å². The molecule has 1 aromatic carbocycles. The summed E-state index contributed by atoms with van der Waals surface area (Å²) in [5.41, 5.74) is 2.29. The summed E-state index contributed by atoms with van der Waals surface area (Å²) in [5, 5.41) is 0. The smallest absolute Gasteiger partial charge is 0.126 e. The van der Waals surface area contributed by atoms with E-state index in [2.05, 4.69) is 17.1 Å². The minimum absolute atomic E-state index is 0.0488. The molecule has 1 saturated carbocycles. The first-order valence-corrected chi connectivity index (χ1v) is 10.6. The zero-order chi connectivity index (χ0) is 19.5. The lowest BCUT2D eigenvalue weighted by Crippen LogP contribution is -2.46. The first-order valence-electron chi connectivity index (χ1n) is 10.6. The SMILES string of the molecule is Fc1cc(F)cc(CCCC[C@@]2(c3ccncc3)CCOC3(CCCC3)C2)c1. The van der Waals surface area contributed by atoms with Gasteiger partial charge in [-0.3, -0.25) is 4.98 Å². The molecule has 1 saturated heterocycles. The highest BCUT2D eigenvalue weighted by Crippen LogP contribution is 2.50. The minimum Gasteiger partial charge on any atom is -0.375 e. The van der Waals surface area contributed by atoms with E-state index in [1.807, 2.05) is 12.4 Å². The van der Waals surface area contributed by atoms with Gasteiger partial charge in [0.05, 0.1) is 5.60 Å². The summed E-state index contributed by atoms with van der Waals surface area (Å²) in [7, 11) is 0. The number of unbranched alkanes of at least 4 members (excludes halogenated alkanes) is 1. The summed E-state index contributed by atoms with van der Waals surface area (Å²) >= 11 is 0. The van der Waals surface area contributed by atoms with Crippen LogP contribution >= 0.6 is 0 Å². The average molecular weight is 385 g/mol. The molecule has 0 unspecified atom stereocenters. The lowest BCUT2D eigenvalue weighted by Gasteiger charge is -2.47. The molecule has 4 heteroatoms. The Hall–Kier alpha value is -1.81. The van der Waals surface area contributed by atoms with Crippen molar-refractivity contribution in [2.45, 2.75) is 75.2 Å². The van der Waals surface area contributed by atoms with Gasteiger partial charge in [0, 0.05) is 30.5 Å². The molecule has 28 heavy (non-hydrogen) atoms. The van der Waals surface area contributed by atoms with Gasteiger partial charge in [-0.1, -0.05) is 19.3 Å². The van der Waals surface area contributed by atoms with Crippen LogP contribution in [0.5, 0.6) is 0 Å². The van der Waals surface area contributed by atoms with Crippen molar-refractivity contribution in [1.29, 1.82) is 0 Å². The van der Waals surface area contributed by atoms with Gasteiger partial charge in [0.1, 0.15) is 11.6 Å². The van der Waals surface area contributed by atoms with Gasteiger partial charge in [-0.25, -0.2) is 8.78 Å². The largest absolute Gasteiger partial charge is 0.375 e. The van der Waals surface area contributed by atoms with Crippen molar-refractivity contribution in [2.24, 2.45) is 0 Å². The molecular formula is C24H29F2NO. The maximum Gasteiger partial charge on any atom is 0.126 e. The Bertz CT molecular complexity index is 768. The Labute approximate surface area is 166 Å². The standard InChI is InChI=1S/C24H29F2NO/c25-21-15-19(16-22(26)17-21)5-1-2-8-23(20-6-12-27-13-7-20)11-14-28-24(18-23)9-3-4-10-24/h6-7,12-13,15-17H,1-5,8-11,14,18H2/t23-/m1/s1. The number of aryl methyl sites for hydroxylation is 1. The second-order valence-corrected chi connectivity index (χ2v) is 8.67. The molecule has 0 amide bonds. The topological polar surface area (TPSA) is 22.1 Å². The van der Waals surface area contributed by atoms with Crippen molar-refractivity contribution in [1.82, 2.24) is 4.98 Å². The van der Waals surface area contributed by atoms with E-state index in [1.54, 1.807) is 0 Å². The molecule has 1 spiro atoms. The maximum atomic E-state index is 13.4. The van der Waals surface area contributed by atoms with Gasteiger partial charge >= 0.3 is 0 Å². The van der Waals surface area contributed by atoms with E-state index in [9.17, 15) is 8.78 Å². The zero-order valence-corrected chi connectivity index (χ0v) is 16.4.